The summed E-state index contributed by atoms with van der Waals surface area (Å²) < 4.78 is 0. The summed E-state index contributed by atoms with van der Waals surface area (Å²) in [5.74, 6) is 0. The van der Waals surface area contributed by atoms with E-state index in [1.165, 1.54) is 0 Å². The molecule has 1 amide bonds. The molecule has 0 fully saturated rings. The lowest BCUT2D eigenvalue weighted by molar-refractivity contribution is -0.109. The third-order valence-corrected chi connectivity index (χ3v) is 2.26. The van der Waals surface area contributed by atoms with Crippen LogP contribution >= 0.6 is 11.6 Å². The van der Waals surface area contributed by atoms with E-state index in [0.29, 0.717) is 12.1 Å². The van der Waals surface area contributed by atoms with Crippen molar-refractivity contribution in [2.24, 2.45) is 5.10 Å². The fourth-order valence-electron chi connectivity index (χ4n) is 1.42. The van der Waals surface area contributed by atoms with Gasteiger partial charge in [-0.15, -0.1) is 11.6 Å². The number of alkyl halides is 1. The summed E-state index contributed by atoms with van der Waals surface area (Å²) in [6, 6.07) is 7.83. The second-order valence-electron chi connectivity index (χ2n) is 4.05. The van der Waals surface area contributed by atoms with Crippen LogP contribution in [0.15, 0.2) is 29.4 Å². The molecule has 0 saturated heterocycles. The van der Waals surface area contributed by atoms with Crippen molar-refractivity contribution >= 4 is 23.7 Å². The molecule has 0 bridgehead atoms. The van der Waals surface area contributed by atoms with Crippen LogP contribution < -0.4 is 5.43 Å². The van der Waals surface area contributed by atoms with Gasteiger partial charge < -0.3 is 0 Å². The molecule has 0 unspecified atom stereocenters. The first-order valence-corrected chi connectivity index (χ1v) is 5.36. The van der Waals surface area contributed by atoms with E-state index in [1.807, 2.05) is 45.0 Å². The van der Waals surface area contributed by atoms with E-state index in [-0.39, 0.29) is 0 Å². The zero-order chi connectivity index (χ0) is 12.2. The van der Waals surface area contributed by atoms with Crippen molar-refractivity contribution in [1.82, 2.24) is 5.43 Å². The number of nitrogens with one attached hydrogen (secondary N) is 1. The molecule has 0 aromatic heterocycles. The smallest absolute Gasteiger partial charge is 0.227 e. The second kappa shape index (κ2) is 5.12. The van der Waals surface area contributed by atoms with Gasteiger partial charge >= 0.3 is 0 Å². The molecular formula is C12H15ClN2O. The fourth-order valence-corrected chi connectivity index (χ4v) is 1.58. The topological polar surface area (TPSA) is 41.5 Å². The van der Waals surface area contributed by atoms with Crippen molar-refractivity contribution in [2.45, 2.75) is 25.6 Å². The Morgan fingerprint density at radius 3 is 2.69 bits per heavy atom. The third kappa shape index (κ3) is 3.35. The Bertz CT molecular complexity index is 408. The number of hydrazone groups is 1. The maximum Gasteiger partial charge on any atom is 0.227 e. The first kappa shape index (κ1) is 12.7. The second-order valence-corrected chi connectivity index (χ2v) is 4.99. The van der Waals surface area contributed by atoms with Crippen molar-refractivity contribution in [1.29, 1.82) is 0 Å². The van der Waals surface area contributed by atoms with E-state index in [4.69, 9.17) is 11.6 Å². The zero-order valence-corrected chi connectivity index (χ0v) is 10.4. The number of aryl methyl sites for hydroxylation is 1. The van der Waals surface area contributed by atoms with Crippen LogP contribution in [0.4, 0.5) is 0 Å². The molecule has 0 aliphatic carbocycles. The number of carbonyl (C=O) groups excluding carboxylic acids is 1. The van der Waals surface area contributed by atoms with Crippen molar-refractivity contribution in [3.63, 3.8) is 0 Å². The largest absolute Gasteiger partial charge is 0.277 e. The number of benzene rings is 1. The summed E-state index contributed by atoms with van der Waals surface area (Å²) in [6.07, 6.45) is 0.526. The highest BCUT2D eigenvalue weighted by Gasteiger charge is 2.23. The standard InChI is InChI=1S/C12H15ClN2O/c1-9-5-4-6-10(7-9)11(12(2,3)13)15-14-8-16/h4-8H,1-3H3,(H,14,16). The van der Waals surface area contributed by atoms with Gasteiger partial charge in [-0.3, -0.25) is 4.79 Å². The van der Waals surface area contributed by atoms with E-state index >= 15 is 0 Å². The highest BCUT2D eigenvalue weighted by atomic mass is 35.5. The van der Waals surface area contributed by atoms with Gasteiger partial charge in [0, 0.05) is 0 Å². The quantitative estimate of drug-likeness (QED) is 0.372. The predicted octanol–water partition coefficient (Wildman–Crippen LogP) is 2.46. The van der Waals surface area contributed by atoms with Crippen LogP contribution in [0.5, 0.6) is 0 Å². The van der Waals surface area contributed by atoms with Gasteiger partial charge in [-0.25, -0.2) is 5.43 Å². The molecule has 1 aromatic carbocycles. The molecule has 3 nitrogen and oxygen atoms in total. The fraction of sp³-hybridized carbons (Fsp3) is 0.333. The SMILES string of the molecule is Cc1cccc(C(=NNC=O)C(C)(C)Cl)c1. The Morgan fingerprint density at radius 2 is 2.19 bits per heavy atom. The molecule has 0 atom stereocenters. The molecule has 0 saturated carbocycles. The number of hydrogen-bond acceptors (Lipinski definition) is 2. The number of nitrogens with zero attached hydrogens (tertiary/aromatic N) is 1. The lowest BCUT2D eigenvalue weighted by atomic mass is 9.98. The molecule has 86 valence electrons. The molecule has 0 spiro atoms. The molecule has 1 aromatic rings. The van der Waals surface area contributed by atoms with Gasteiger partial charge in [0.15, 0.2) is 0 Å². The summed E-state index contributed by atoms with van der Waals surface area (Å²) >= 11 is 6.24. The highest BCUT2D eigenvalue weighted by molar-refractivity contribution is 6.38. The minimum absolute atomic E-state index is 0.526. The lowest BCUT2D eigenvalue weighted by Gasteiger charge is -2.19. The summed E-state index contributed by atoms with van der Waals surface area (Å²) in [7, 11) is 0. The maximum atomic E-state index is 10.3. The van der Waals surface area contributed by atoms with Gasteiger partial charge in [0.05, 0.1) is 10.6 Å². The van der Waals surface area contributed by atoms with Crippen LogP contribution in [-0.2, 0) is 4.79 Å². The van der Waals surface area contributed by atoms with Crippen LogP contribution in [0, 0.1) is 6.92 Å². The van der Waals surface area contributed by atoms with Crippen LogP contribution in [-0.4, -0.2) is 17.0 Å². The molecule has 0 heterocycles. The molecule has 0 radical (unpaired) electrons. The van der Waals surface area contributed by atoms with Crippen molar-refractivity contribution < 1.29 is 4.79 Å². The Balaban J connectivity index is 3.16. The van der Waals surface area contributed by atoms with Crippen molar-refractivity contribution in [2.75, 3.05) is 0 Å². The number of amides is 1. The number of rotatable bonds is 4. The molecule has 1 rings (SSSR count). The average molecular weight is 239 g/mol. The molecule has 0 aliphatic heterocycles. The van der Waals surface area contributed by atoms with Gasteiger partial charge in [0.25, 0.3) is 0 Å². The Morgan fingerprint density at radius 1 is 1.50 bits per heavy atom. The number of hydrogen-bond donors (Lipinski definition) is 1. The highest BCUT2D eigenvalue weighted by Crippen LogP contribution is 2.21. The van der Waals surface area contributed by atoms with Gasteiger partial charge in [0.1, 0.15) is 0 Å². The molecule has 1 N–H and O–H groups in total. The monoisotopic (exact) mass is 238 g/mol. The van der Waals surface area contributed by atoms with Gasteiger partial charge in [0.2, 0.25) is 6.41 Å². The van der Waals surface area contributed by atoms with Crippen LogP contribution in [0.1, 0.15) is 25.0 Å². The third-order valence-electron chi connectivity index (χ3n) is 2.08. The van der Waals surface area contributed by atoms with Crippen LogP contribution in [0.3, 0.4) is 0 Å². The predicted molar refractivity (Wildman–Crippen MR) is 66.8 cm³/mol. The summed E-state index contributed by atoms with van der Waals surface area (Å²) in [4.78, 5) is 9.64. The Labute approximate surface area is 101 Å². The molecular weight excluding hydrogens is 224 g/mol. The van der Waals surface area contributed by atoms with Crippen LogP contribution in [0.2, 0.25) is 0 Å². The zero-order valence-electron chi connectivity index (χ0n) is 9.62. The summed E-state index contributed by atoms with van der Waals surface area (Å²) in [6.45, 7) is 5.67. The van der Waals surface area contributed by atoms with E-state index in [0.717, 1.165) is 11.1 Å². The first-order valence-electron chi connectivity index (χ1n) is 4.98. The Hall–Kier alpha value is -1.35. The summed E-state index contributed by atoms with van der Waals surface area (Å²) in [5.41, 5.74) is 4.97. The van der Waals surface area contributed by atoms with E-state index in [9.17, 15) is 4.79 Å². The molecule has 16 heavy (non-hydrogen) atoms. The van der Waals surface area contributed by atoms with Crippen LogP contribution in [0.25, 0.3) is 0 Å². The van der Waals surface area contributed by atoms with Gasteiger partial charge in [-0.2, -0.15) is 5.10 Å². The average Bonchev–Trinajstić information content (AvgIpc) is 2.16. The molecule has 4 heteroatoms. The van der Waals surface area contributed by atoms with Gasteiger partial charge in [-0.1, -0.05) is 29.8 Å². The van der Waals surface area contributed by atoms with Crippen molar-refractivity contribution in [3.05, 3.63) is 35.4 Å². The van der Waals surface area contributed by atoms with E-state index in [1.54, 1.807) is 0 Å². The minimum atomic E-state index is -0.635. The Kier molecular flexibility index (Phi) is 4.07. The first-order chi connectivity index (χ1) is 7.45. The molecule has 0 aliphatic rings. The van der Waals surface area contributed by atoms with E-state index < -0.39 is 4.87 Å². The minimum Gasteiger partial charge on any atom is -0.277 e. The normalized spacial score (nSPS) is 12.4. The van der Waals surface area contributed by atoms with Gasteiger partial charge in [-0.05, 0) is 26.3 Å². The summed E-state index contributed by atoms with van der Waals surface area (Å²) in [5, 5.41) is 3.99. The van der Waals surface area contributed by atoms with Crippen molar-refractivity contribution in [3.8, 4) is 0 Å². The van der Waals surface area contributed by atoms with E-state index in [2.05, 4.69) is 10.5 Å². The number of carbonyl (C=O) groups is 1. The number of halogens is 1. The lowest BCUT2D eigenvalue weighted by Crippen LogP contribution is -2.28. The maximum absolute atomic E-state index is 10.3.